The van der Waals surface area contributed by atoms with Crippen molar-refractivity contribution >= 4 is 0 Å². The molecule has 0 heterocycles. The predicted molar refractivity (Wildman–Crippen MR) is 42.5 cm³/mol. The van der Waals surface area contributed by atoms with E-state index in [1.807, 2.05) is 7.05 Å². The van der Waals surface area contributed by atoms with Crippen molar-refractivity contribution in [3.8, 4) is 0 Å². The zero-order valence-corrected chi connectivity index (χ0v) is 6.70. The molecule has 0 saturated heterocycles. The van der Waals surface area contributed by atoms with Crippen LogP contribution in [0.5, 0.6) is 0 Å². The van der Waals surface area contributed by atoms with Crippen molar-refractivity contribution in [2.45, 2.75) is 20.3 Å². The summed E-state index contributed by atoms with van der Waals surface area (Å²) in [6.07, 6.45) is 1.14. The Kier molecular flexibility index (Phi) is 4.41. The Morgan fingerprint density at radius 1 is 1.56 bits per heavy atom. The number of rotatable bonds is 4. The molecule has 0 unspecified atom stereocenters. The van der Waals surface area contributed by atoms with Gasteiger partial charge in [-0.05, 0) is 19.4 Å². The maximum absolute atomic E-state index is 3.92. The van der Waals surface area contributed by atoms with Crippen LogP contribution >= 0.6 is 0 Å². The van der Waals surface area contributed by atoms with Gasteiger partial charge in [0, 0.05) is 6.54 Å². The fourth-order valence-corrected chi connectivity index (χ4v) is 0.900. The van der Waals surface area contributed by atoms with E-state index in [4.69, 9.17) is 0 Å². The highest BCUT2D eigenvalue weighted by Gasteiger charge is 1.95. The summed E-state index contributed by atoms with van der Waals surface area (Å²) in [5.74, 6) is 0.742. The minimum atomic E-state index is 0.742. The molecule has 0 radical (unpaired) electrons. The lowest BCUT2D eigenvalue weighted by Crippen LogP contribution is -2.10. The summed E-state index contributed by atoms with van der Waals surface area (Å²) < 4.78 is 0. The van der Waals surface area contributed by atoms with Crippen molar-refractivity contribution in [2.24, 2.45) is 5.92 Å². The molecular weight excluding hydrogens is 110 g/mol. The third kappa shape index (κ3) is 5.57. The van der Waals surface area contributed by atoms with Crippen molar-refractivity contribution in [1.29, 1.82) is 0 Å². The standard InChI is InChI=1S/C8H17N/c1-7(2)5-8(3)6-9-4/h7,9H,3,5-6H2,1-2,4H3. The van der Waals surface area contributed by atoms with E-state index in [2.05, 4.69) is 25.7 Å². The molecule has 0 aliphatic carbocycles. The number of hydrogen-bond acceptors (Lipinski definition) is 1. The molecule has 0 aliphatic heterocycles. The monoisotopic (exact) mass is 127 g/mol. The van der Waals surface area contributed by atoms with E-state index < -0.39 is 0 Å². The second-order valence-electron chi connectivity index (χ2n) is 2.88. The van der Waals surface area contributed by atoms with Crippen molar-refractivity contribution in [3.05, 3.63) is 12.2 Å². The maximum Gasteiger partial charge on any atom is 0.0159 e. The normalized spacial score (nSPS) is 10.2. The molecular formula is C8H17N. The lowest BCUT2D eigenvalue weighted by Gasteiger charge is -2.06. The van der Waals surface area contributed by atoms with Crippen LogP contribution in [0.2, 0.25) is 0 Å². The van der Waals surface area contributed by atoms with Crippen LogP contribution < -0.4 is 5.32 Å². The average molecular weight is 127 g/mol. The summed E-state index contributed by atoms with van der Waals surface area (Å²) in [6.45, 7) is 9.30. The van der Waals surface area contributed by atoms with E-state index >= 15 is 0 Å². The second-order valence-corrected chi connectivity index (χ2v) is 2.88. The van der Waals surface area contributed by atoms with Gasteiger partial charge in [0.05, 0.1) is 0 Å². The van der Waals surface area contributed by atoms with Crippen LogP contribution in [0.1, 0.15) is 20.3 Å². The van der Waals surface area contributed by atoms with E-state index in [-0.39, 0.29) is 0 Å². The van der Waals surface area contributed by atoms with Gasteiger partial charge < -0.3 is 5.32 Å². The first kappa shape index (κ1) is 8.70. The molecule has 1 N–H and O–H groups in total. The van der Waals surface area contributed by atoms with Gasteiger partial charge in [0.2, 0.25) is 0 Å². The summed E-state index contributed by atoms with van der Waals surface area (Å²) in [6, 6.07) is 0. The summed E-state index contributed by atoms with van der Waals surface area (Å²) >= 11 is 0. The SMILES string of the molecule is C=C(CNC)CC(C)C. The molecule has 0 atom stereocenters. The zero-order chi connectivity index (χ0) is 7.28. The van der Waals surface area contributed by atoms with Gasteiger partial charge in [-0.25, -0.2) is 0 Å². The molecule has 0 fully saturated rings. The highest BCUT2D eigenvalue weighted by Crippen LogP contribution is 2.06. The number of hydrogen-bond donors (Lipinski definition) is 1. The Morgan fingerprint density at radius 3 is 2.44 bits per heavy atom. The maximum atomic E-state index is 3.92. The van der Waals surface area contributed by atoms with Crippen LogP contribution in [0.4, 0.5) is 0 Å². The smallest absolute Gasteiger partial charge is 0.0159 e. The first-order valence-electron chi connectivity index (χ1n) is 3.48. The molecule has 0 saturated carbocycles. The van der Waals surface area contributed by atoms with Gasteiger partial charge >= 0.3 is 0 Å². The molecule has 0 aliphatic rings. The highest BCUT2D eigenvalue weighted by atomic mass is 14.8. The Labute approximate surface area is 58.2 Å². The quantitative estimate of drug-likeness (QED) is 0.568. The average Bonchev–Trinajstić information content (AvgIpc) is 1.63. The van der Waals surface area contributed by atoms with Gasteiger partial charge in [-0.3, -0.25) is 0 Å². The zero-order valence-electron chi connectivity index (χ0n) is 6.70. The molecule has 0 aromatic heterocycles. The molecule has 0 aromatic rings. The number of likely N-dealkylation sites (N-methyl/N-ethyl adjacent to an activating group) is 1. The minimum Gasteiger partial charge on any atom is -0.316 e. The molecule has 0 rings (SSSR count). The van der Waals surface area contributed by atoms with Crippen LogP contribution in [0.15, 0.2) is 12.2 Å². The van der Waals surface area contributed by atoms with E-state index in [9.17, 15) is 0 Å². The Balaban J connectivity index is 3.27. The fourth-order valence-electron chi connectivity index (χ4n) is 0.900. The molecule has 0 spiro atoms. The first-order chi connectivity index (χ1) is 4.16. The largest absolute Gasteiger partial charge is 0.316 e. The van der Waals surface area contributed by atoms with Crippen LogP contribution in [0.3, 0.4) is 0 Å². The van der Waals surface area contributed by atoms with Crippen LogP contribution in [-0.4, -0.2) is 13.6 Å². The van der Waals surface area contributed by atoms with Crippen LogP contribution in [0.25, 0.3) is 0 Å². The van der Waals surface area contributed by atoms with Gasteiger partial charge in [0.1, 0.15) is 0 Å². The summed E-state index contributed by atoms with van der Waals surface area (Å²) in [7, 11) is 1.95. The lowest BCUT2D eigenvalue weighted by atomic mass is 10.1. The molecule has 54 valence electrons. The molecule has 0 amide bonds. The first-order valence-corrected chi connectivity index (χ1v) is 3.48. The minimum absolute atomic E-state index is 0.742. The highest BCUT2D eigenvalue weighted by molar-refractivity contribution is 4.96. The van der Waals surface area contributed by atoms with E-state index in [0.717, 1.165) is 18.9 Å². The molecule has 9 heavy (non-hydrogen) atoms. The Bertz CT molecular complexity index is 84.6. The lowest BCUT2D eigenvalue weighted by molar-refractivity contribution is 0.626. The van der Waals surface area contributed by atoms with E-state index in [0.29, 0.717) is 0 Å². The van der Waals surface area contributed by atoms with Crippen molar-refractivity contribution in [2.75, 3.05) is 13.6 Å². The van der Waals surface area contributed by atoms with Crippen molar-refractivity contribution in [1.82, 2.24) is 5.32 Å². The predicted octanol–water partition coefficient (Wildman–Crippen LogP) is 1.81. The third-order valence-electron chi connectivity index (χ3n) is 1.12. The molecule has 0 aromatic carbocycles. The molecule has 1 nitrogen and oxygen atoms in total. The van der Waals surface area contributed by atoms with E-state index in [1.54, 1.807) is 0 Å². The fraction of sp³-hybridized carbons (Fsp3) is 0.750. The number of nitrogens with one attached hydrogen (secondary N) is 1. The van der Waals surface area contributed by atoms with Crippen molar-refractivity contribution in [3.63, 3.8) is 0 Å². The molecule has 1 heteroatoms. The summed E-state index contributed by atoms with van der Waals surface area (Å²) in [4.78, 5) is 0. The summed E-state index contributed by atoms with van der Waals surface area (Å²) in [5.41, 5.74) is 1.30. The van der Waals surface area contributed by atoms with Crippen LogP contribution in [0, 0.1) is 5.92 Å². The topological polar surface area (TPSA) is 12.0 Å². The van der Waals surface area contributed by atoms with Gasteiger partial charge in [0.15, 0.2) is 0 Å². The Morgan fingerprint density at radius 2 is 2.11 bits per heavy atom. The van der Waals surface area contributed by atoms with Crippen molar-refractivity contribution < 1.29 is 0 Å². The van der Waals surface area contributed by atoms with Crippen LogP contribution in [-0.2, 0) is 0 Å². The Hall–Kier alpha value is -0.300. The summed E-state index contributed by atoms with van der Waals surface area (Å²) in [5, 5.41) is 3.07. The molecule has 0 bridgehead atoms. The van der Waals surface area contributed by atoms with Gasteiger partial charge in [-0.1, -0.05) is 26.0 Å². The van der Waals surface area contributed by atoms with Gasteiger partial charge in [-0.2, -0.15) is 0 Å². The third-order valence-corrected chi connectivity index (χ3v) is 1.12. The van der Waals surface area contributed by atoms with Gasteiger partial charge in [0.25, 0.3) is 0 Å². The second kappa shape index (κ2) is 4.57. The van der Waals surface area contributed by atoms with E-state index in [1.165, 1.54) is 5.57 Å². The van der Waals surface area contributed by atoms with Gasteiger partial charge in [-0.15, -0.1) is 0 Å².